The quantitative estimate of drug-likeness (QED) is 0.648. The third-order valence-corrected chi connectivity index (χ3v) is 3.54. The molecule has 4 heteroatoms. The van der Waals surface area contributed by atoms with E-state index in [1.807, 2.05) is 65.6 Å². The van der Waals surface area contributed by atoms with E-state index in [9.17, 15) is 15.3 Å². The molecule has 0 spiro atoms. The molecule has 3 rings (SSSR count). The Bertz CT molecular complexity index is 711. The molecule has 3 N–H and O–H groups in total. The molecule has 0 aliphatic rings. The summed E-state index contributed by atoms with van der Waals surface area (Å²) in [4.78, 5) is 2.04. The lowest BCUT2D eigenvalue weighted by molar-refractivity contribution is -0.323. The van der Waals surface area contributed by atoms with Crippen LogP contribution >= 0.6 is 0 Å². The fourth-order valence-corrected chi connectivity index (χ4v) is 2.44. The second-order valence-corrected chi connectivity index (χ2v) is 5.19. The molecule has 0 atom stereocenters. The van der Waals surface area contributed by atoms with Crippen LogP contribution in [0, 0.1) is 0 Å². The highest BCUT2D eigenvalue weighted by atomic mass is 16.7. The van der Waals surface area contributed by atoms with Gasteiger partial charge in [-0.1, -0.05) is 36.4 Å². The van der Waals surface area contributed by atoms with Crippen molar-refractivity contribution >= 4 is 17.1 Å². The van der Waals surface area contributed by atoms with Gasteiger partial charge in [0.2, 0.25) is 0 Å². The highest BCUT2D eigenvalue weighted by molar-refractivity contribution is 5.76. The van der Waals surface area contributed by atoms with Gasteiger partial charge in [0.15, 0.2) is 0 Å². The van der Waals surface area contributed by atoms with E-state index in [2.05, 4.69) is 0 Å². The average molecular weight is 307 g/mol. The molecule has 4 nitrogen and oxygen atoms in total. The van der Waals surface area contributed by atoms with Gasteiger partial charge in [0.25, 0.3) is 0 Å². The first-order valence-electron chi connectivity index (χ1n) is 7.23. The number of nitrogens with zero attached hydrogens (tertiary/aromatic N) is 1. The summed E-state index contributed by atoms with van der Waals surface area (Å²) < 4.78 is 0. The summed E-state index contributed by atoms with van der Waals surface area (Å²) >= 11 is 0. The van der Waals surface area contributed by atoms with Crippen LogP contribution in [0.25, 0.3) is 0 Å². The molecule has 0 bridgehead atoms. The van der Waals surface area contributed by atoms with Crippen LogP contribution in [-0.2, 0) is 5.97 Å². The molecular weight excluding hydrogens is 290 g/mol. The predicted octanol–water partition coefficient (Wildman–Crippen LogP) is 3.24. The largest absolute Gasteiger partial charge is 0.340 e. The zero-order valence-corrected chi connectivity index (χ0v) is 12.4. The van der Waals surface area contributed by atoms with Gasteiger partial charge >= 0.3 is 5.97 Å². The molecule has 116 valence electrons. The van der Waals surface area contributed by atoms with Gasteiger partial charge in [0.05, 0.1) is 0 Å². The highest BCUT2D eigenvalue weighted by Crippen LogP contribution is 2.34. The van der Waals surface area contributed by atoms with Gasteiger partial charge in [-0.3, -0.25) is 0 Å². The van der Waals surface area contributed by atoms with Crippen molar-refractivity contribution in [3.8, 4) is 0 Å². The fraction of sp³-hybridized carbons (Fsp3) is 0.0526. The molecule has 3 aromatic rings. The fourth-order valence-electron chi connectivity index (χ4n) is 2.44. The van der Waals surface area contributed by atoms with Crippen LogP contribution in [0.4, 0.5) is 17.1 Å². The van der Waals surface area contributed by atoms with Gasteiger partial charge in [-0.05, 0) is 48.5 Å². The van der Waals surface area contributed by atoms with Gasteiger partial charge in [0, 0.05) is 22.6 Å². The molecule has 0 fully saturated rings. The summed E-state index contributed by atoms with van der Waals surface area (Å²) in [6.45, 7) is 0. The SMILES string of the molecule is OC(O)(O)c1ccc(N(c2ccccc2)c2ccccc2)cc1. The Kier molecular flexibility index (Phi) is 4.12. The summed E-state index contributed by atoms with van der Waals surface area (Å²) in [5, 5.41) is 27.8. The van der Waals surface area contributed by atoms with Crippen molar-refractivity contribution in [1.82, 2.24) is 0 Å². The third kappa shape index (κ3) is 3.40. The first-order valence-corrected chi connectivity index (χ1v) is 7.23. The molecule has 23 heavy (non-hydrogen) atoms. The number of hydrogen-bond acceptors (Lipinski definition) is 4. The Morgan fingerprint density at radius 2 is 0.913 bits per heavy atom. The lowest BCUT2D eigenvalue weighted by atomic mass is 10.1. The number of benzene rings is 3. The molecular formula is C19H17NO3. The summed E-state index contributed by atoms with van der Waals surface area (Å²) in [7, 11) is 0. The van der Waals surface area contributed by atoms with Crippen molar-refractivity contribution in [2.24, 2.45) is 0 Å². The zero-order valence-electron chi connectivity index (χ0n) is 12.4. The summed E-state index contributed by atoms with van der Waals surface area (Å²) in [5.74, 6) is -2.83. The molecule has 0 amide bonds. The average Bonchev–Trinajstić information content (AvgIpc) is 2.57. The lowest BCUT2D eigenvalue weighted by Crippen LogP contribution is -2.23. The van der Waals surface area contributed by atoms with E-state index in [1.54, 1.807) is 12.1 Å². The molecule has 0 saturated heterocycles. The van der Waals surface area contributed by atoms with E-state index >= 15 is 0 Å². The van der Waals surface area contributed by atoms with E-state index in [-0.39, 0.29) is 5.56 Å². The van der Waals surface area contributed by atoms with E-state index < -0.39 is 5.97 Å². The van der Waals surface area contributed by atoms with Crippen LogP contribution in [0.15, 0.2) is 84.9 Å². The second-order valence-electron chi connectivity index (χ2n) is 5.19. The Morgan fingerprint density at radius 1 is 0.522 bits per heavy atom. The minimum atomic E-state index is -2.83. The minimum absolute atomic E-state index is 0.0160. The van der Waals surface area contributed by atoms with E-state index in [1.165, 1.54) is 12.1 Å². The number of rotatable bonds is 4. The molecule has 0 aliphatic heterocycles. The Morgan fingerprint density at radius 3 is 1.30 bits per heavy atom. The molecule has 0 heterocycles. The molecule has 0 radical (unpaired) electrons. The second kappa shape index (κ2) is 6.22. The predicted molar refractivity (Wildman–Crippen MR) is 89.5 cm³/mol. The van der Waals surface area contributed by atoms with Crippen LogP contribution in [0.1, 0.15) is 5.56 Å². The number of hydrogen-bond donors (Lipinski definition) is 3. The molecule has 0 aromatic heterocycles. The number of para-hydroxylation sites is 2. The third-order valence-electron chi connectivity index (χ3n) is 3.54. The van der Waals surface area contributed by atoms with Crippen LogP contribution in [0.5, 0.6) is 0 Å². The monoisotopic (exact) mass is 307 g/mol. The van der Waals surface area contributed by atoms with Crippen molar-refractivity contribution in [3.05, 3.63) is 90.5 Å². The van der Waals surface area contributed by atoms with Crippen molar-refractivity contribution < 1.29 is 15.3 Å². The Balaban J connectivity index is 2.06. The van der Waals surface area contributed by atoms with Crippen LogP contribution in [0.2, 0.25) is 0 Å². The van der Waals surface area contributed by atoms with Gasteiger partial charge in [-0.15, -0.1) is 0 Å². The summed E-state index contributed by atoms with van der Waals surface area (Å²) in [6, 6.07) is 26.1. The first-order chi connectivity index (χ1) is 11.1. The summed E-state index contributed by atoms with van der Waals surface area (Å²) in [5.41, 5.74) is 2.82. The van der Waals surface area contributed by atoms with Crippen LogP contribution in [-0.4, -0.2) is 15.3 Å². The topological polar surface area (TPSA) is 63.9 Å². The maximum atomic E-state index is 9.25. The van der Waals surface area contributed by atoms with E-state index in [4.69, 9.17) is 0 Å². The van der Waals surface area contributed by atoms with E-state index in [0.717, 1.165) is 17.1 Å². The van der Waals surface area contributed by atoms with Crippen LogP contribution < -0.4 is 4.90 Å². The van der Waals surface area contributed by atoms with Gasteiger partial charge in [-0.2, -0.15) is 0 Å². The van der Waals surface area contributed by atoms with Crippen molar-refractivity contribution in [2.45, 2.75) is 5.97 Å². The normalized spacial score (nSPS) is 11.3. The van der Waals surface area contributed by atoms with Gasteiger partial charge in [-0.25, -0.2) is 0 Å². The zero-order chi connectivity index (χ0) is 16.3. The molecule has 0 aliphatic carbocycles. The maximum Gasteiger partial charge on any atom is 0.304 e. The minimum Gasteiger partial charge on any atom is -0.340 e. The van der Waals surface area contributed by atoms with Gasteiger partial charge < -0.3 is 20.2 Å². The number of anilines is 3. The van der Waals surface area contributed by atoms with Crippen molar-refractivity contribution in [3.63, 3.8) is 0 Å². The Hall–Kier alpha value is -2.66. The Labute approximate surface area is 134 Å². The van der Waals surface area contributed by atoms with Crippen LogP contribution in [0.3, 0.4) is 0 Å². The summed E-state index contributed by atoms with van der Waals surface area (Å²) in [6.07, 6.45) is 0. The molecule has 3 aromatic carbocycles. The standard InChI is InChI=1S/C19H17NO3/c21-19(22,23)15-11-13-18(14-12-15)20(16-7-3-1-4-8-16)17-9-5-2-6-10-17/h1-14,21-23H. The highest BCUT2D eigenvalue weighted by Gasteiger charge is 2.22. The smallest absolute Gasteiger partial charge is 0.304 e. The number of aliphatic hydroxyl groups is 3. The molecule has 0 saturated carbocycles. The molecule has 0 unspecified atom stereocenters. The first kappa shape index (κ1) is 15.2. The maximum absolute atomic E-state index is 9.25. The van der Waals surface area contributed by atoms with E-state index in [0.29, 0.717) is 0 Å². The van der Waals surface area contributed by atoms with Gasteiger partial charge in [0.1, 0.15) is 0 Å². The lowest BCUT2D eigenvalue weighted by Gasteiger charge is -2.26. The van der Waals surface area contributed by atoms with Crippen molar-refractivity contribution in [2.75, 3.05) is 4.90 Å². The van der Waals surface area contributed by atoms with Crippen molar-refractivity contribution in [1.29, 1.82) is 0 Å².